The Labute approximate surface area is 101 Å². The Morgan fingerprint density at radius 3 is 2.19 bits per heavy atom. The van der Waals surface area contributed by atoms with Gasteiger partial charge in [0, 0.05) is 19.6 Å². The van der Waals surface area contributed by atoms with Crippen molar-refractivity contribution in [1.82, 2.24) is 10.6 Å². The molecule has 0 aromatic carbocycles. The quantitative estimate of drug-likeness (QED) is 0.767. The lowest BCUT2D eigenvalue weighted by Gasteiger charge is -2.35. The SMILES string of the molecule is CC1(CNCC2(C)CCCNC2)CCCC1. The molecular formula is C14H28N2. The largest absolute Gasteiger partial charge is 0.316 e. The zero-order chi connectivity index (χ0) is 11.5. The van der Waals surface area contributed by atoms with Gasteiger partial charge in [0.05, 0.1) is 0 Å². The van der Waals surface area contributed by atoms with E-state index in [9.17, 15) is 0 Å². The van der Waals surface area contributed by atoms with Crippen LogP contribution in [0, 0.1) is 10.8 Å². The van der Waals surface area contributed by atoms with Gasteiger partial charge in [-0.05, 0) is 43.1 Å². The molecule has 0 radical (unpaired) electrons. The first-order valence-electron chi connectivity index (χ1n) is 7.04. The summed E-state index contributed by atoms with van der Waals surface area (Å²) in [6.45, 7) is 9.69. The van der Waals surface area contributed by atoms with Crippen molar-refractivity contribution in [2.45, 2.75) is 52.4 Å². The maximum atomic E-state index is 3.74. The highest BCUT2D eigenvalue weighted by atomic mass is 14.9. The summed E-state index contributed by atoms with van der Waals surface area (Å²) in [5, 5.41) is 7.26. The molecule has 2 nitrogen and oxygen atoms in total. The number of piperidine rings is 1. The minimum Gasteiger partial charge on any atom is -0.316 e. The molecular weight excluding hydrogens is 196 g/mol. The van der Waals surface area contributed by atoms with Crippen LogP contribution in [0.25, 0.3) is 0 Å². The van der Waals surface area contributed by atoms with Crippen molar-refractivity contribution >= 4 is 0 Å². The Morgan fingerprint density at radius 1 is 0.938 bits per heavy atom. The predicted molar refractivity (Wildman–Crippen MR) is 69.7 cm³/mol. The Morgan fingerprint density at radius 2 is 1.56 bits per heavy atom. The molecule has 2 heteroatoms. The van der Waals surface area contributed by atoms with Crippen molar-refractivity contribution in [2.75, 3.05) is 26.2 Å². The Hall–Kier alpha value is -0.0800. The second-order valence-corrected chi connectivity index (χ2v) is 6.71. The minimum atomic E-state index is 0.493. The monoisotopic (exact) mass is 224 g/mol. The van der Waals surface area contributed by atoms with Crippen molar-refractivity contribution in [3.8, 4) is 0 Å². The van der Waals surface area contributed by atoms with Gasteiger partial charge < -0.3 is 10.6 Å². The van der Waals surface area contributed by atoms with Gasteiger partial charge in [-0.15, -0.1) is 0 Å². The lowest BCUT2D eigenvalue weighted by molar-refractivity contribution is 0.209. The summed E-state index contributed by atoms with van der Waals surface area (Å²) < 4.78 is 0. The molecule has 1 saturated heterocycles. The molecule has 1 aliphatic carbocycles. The van der Waals surface area contributed by atoms with Crippen molar-refractivity contribution in [2.24, 2.45) is 10.8 Å². The first kappa shape index (κ1) is 12.4. The molecule has 1 saturated carbocycles. The molecule has 1 heterocycles. The summed E-state index contributed by atoms with van der Waals surface area (Å²) in [5.74, 6) is 0. The molecule has 16 heavy (non-hydrogen) atoms. The molecule has 1 unspecified atom stereocenters. The van der Waals surface area contributed by atoms with Crippen molar-refractivity contribution in [3.63, 3.8) is 0 Å². The fourth-order valence-electron chi connectivity index (χ4n) is 3.34. The molecule has 0 aromatic rings. The standard InChI is InChI=1S/C14H28N2/c1-13(6-3-4-7-13)10-16-12-14(2)8-5-9-15-11-14/h15-16H,3-12H2,1-2H3. The highest BCUT2D eigenvalue weighted by Crippen LogP contribution is 2.37. The van der Waals surface area contributed by atoms with E-state index in [1.54, 1.807) is 0 Å². The van der Waals surface area contributed by atoms with Gasteiger partial charge in [-0.2, -0.15) is 0 Å². The number of rotatable bonds is 4. The molecule has 94 valence electrons. The molecule has 0 bridgehead atoms. The number of hydrogen-bond acceptors (Lipinski definition) is 2. The van der Waals surface area contributed by atoms with Crippen LogP contribution in [-0.4, -0.2) is 26.2 Å². The second kappa shape index (κ2) is 5.05. The third kappa shape index (κ3) is 3.21. The maximum absolute atomic E-state index is 3.74. The van der Waals surface area contributed by atoms with Gasteiger partial charge in [-0.25, -0.2) is 0 Å². The van der Waals surface area contributed by atoms with E-state index in [2.05, 4.69) is 24.5 Å². The van der Waals surface area contributed by atoms with Gasteiger partial charge in [0.15, 0.2) is 0 Å². The average molecular weight is 224 g/mol. The highest BCUT2D eigenvalue weighted by Gasteiger charge is 2.30. The van der Waals surface area contributed by atoms with Gasteiger partial charge in [0.1, 0.15) is 0 Å². The van der Waals surface area contributed by atoms with Crippen LogP contribution in [0.4, 0.5) is 0 Å². The van der Waals surface area contributed by atoms with Crippen LogP contribution in [0.15, 0.2) is 0 Å². The van der Waals surface area contributed by atoms with Gasteiger partial charge in [0.2, 0.25) is 0 Å². The van der Waals surface area contributed by atoms with Gasteiger partial charge in [-0.1, -0.05) is 26.7 Å². The summed E-state index contributed by atoms with van der Waals surface area (Å²) in [4.78, 5) is 0. The number of nitrogens with one attached hydrogen (secondary N) is 2. The van der Waals surface area contributed by atoms with E-state index < -0.39 is 0 Å². The first-order valence-corrected chi connectivity index (χ1v) is 7.04. The van der Waals surface area contributed by atoms with Gasteiger partial charge >= 0.3 is 0 Å². The summed E-state index contributed by atoms with van der Waals surface area (Å²) in [7, 11) is 0. The van der Waals surface area contributed by atoms with E-state index in [1.165, 1.54) is 64.7 Å². The summed E-state index contributed by atoms with van der Waals surface area (Å²) >= 11 is 0. The van der Waals surface area contributed by atoms with Gasteiger partial charge in [-0.3, -0.25) is 0 Å². The van der Waals surface area contributed by atoms with E-state index in [0.717, 1.165) is 0 Å². The summed E-state index contributed by atoms with van der Waals surface area (Å²) in [6.07, 6.45) is 8.46. The molecule has 2 rings (SSSR count). The Kier molecular flexibility index (Phi) is 3.91. The molecule has 0 spiro atoms. The molecule has 1 aliphatic heterocycles. The van der Waals surface area contributed by atoms with E-state index in [1.807, 2.05) is 0 Å². The Balaban J connectivity index is 1.70. The van der Waals surface area contributed by atoms with Crippen LogP contribution in [0.3, 0.4) is 0 Å². The van der Waals surface area contributed by atoms with E-state index >= 15 is 0 Å². The van der Waals surface area contributed by atoms with Crippen molar-refractivity contribution < 1.29 is 0 Å². The molecule has 0 amide bonds. The van der Waals surface area contributed by atoms with Gasteiger partial charge in [0.25, 0.3) is 0 Å². The number of hydrogen-bond donors (Lipinski definition) is 2. The average Bonchev–Trinajstić information content (AvgIpc) is 2.66. The third-order valence-electron chi connectivity index (χ3n) is 4.60. The third-order valence-corrected chi connectivity index (χ3v) is 4.60. The lowest BCUT2D eigenvalue weighted by Crippen LogP contribution is -2.46. The fourth-order valence-corrected chi connectivity index (χ4v) is 3.34. The second-order valence-electron chi connectivity index (χ2n) is 6.71. The van der Waals surface area contributed by atoms with Crippen LogP contribution in [0.1, 0.15) is 52.4 Å². The zero-order valence-electron chi connectivity index (χ0n) is 11.1. The molecule has 1 atom stereocenters. The predicted octanol–water partition coefficient (Wildman–Crippen LogP) is 2.55. The molecule has 2 aliphatic rings. The van der Waals surface area contributed by atoms with Crippen LogP contribution in [-0.2, 0) is 0 Å². The van der Waals surface area contributed by atoms with Crippen LogP contribution < -0.4 is 10.6 Å². The normalized spacial score (nSPS) is 34.1. The van der Waals surface area contributed by atoms with Crippen LogP contribution in [0.2, 0.25) is 0 Å². The van der Waals surface area contributed by atoms with E-state index in [4.69, 9.17) is 0 Å². The zero-order valence-corrected chi connectivity index (χ0v) is 11.1. The first-order chi connectivity index (χ1) is 7.62. The van der Waals surface area contributed by atoms with Crippen LogP contribution in [0.5, 0.6) is 0 Å². The van der Waals surface area contributed by atoms with E-state index in [-0.39, 0.29) is 0 Å². The van der Waals surface area contributed by atoms with E-state index in [0.29, 0.717) is 10.8 Å². The molecule has 0 aromatic heterocycles. The van der Waals surface area contributed by atoms with Crippen molar-refractivity contribution in [3.05, 3.63) is 0 Å². The van der Waals surface area contributed by atoms with Crippen molar-refractivity contribution in [1.29, 1.82) is 0 Å². The lowest BCUT2D eigenvalue weighted by atomic mass is 9.82. The topological polar surface area (TPSA) is 24.1 Å². The molecule has 2 N–H and O–H groups in total. The maximum Gasteiger partial charge on any atom is 0.00176 e. The van der Waals surface area contributed by atoms with Crippen LogP contribution >= 0.6 is 0 Å². The highest BCUT2D eigenvalue weighted by molar-refractivity contribution is 4.86. The summed E-state index contributed by atoms with van der Waals surface area (Å²) in [6, 6.07) is 0. The minimum absolute atomic E-state index is 0.493. The smallest absolute Gasteiger partial charge is 0.00176 e. The fraction of sp³-hybridized carbons (Fsp3) is 1.00. The molecule has 2 fully saturated rings. The summed E-state index contributed by atoms with van der Waals surface area (Å²) in [5.41, 5.74) is 1.09. The Bertz CT molecular complexity index is 213.